The fourth-order valence-electron chi connectivity index (χ4n) is 4.04. The summed E-state index contributed by atoms with van der Waals surface area (Å²) in [5, 5.41) is 8.37. The van der Waals surface area contributed by atoms with E-state index in [2.05, 4.69) is 26.0 Å². The van der Waals surface area contributed by atoms with Crippen molar-refractivity contribution < 1.29 is 38.1 Å². The van der Waals surface area contributed by atoms with E-state index in [-0.39, 0.29) is 24.8 Å². The quantitative estimate of drug-likeness (QED) is 0.0841. The van der Waals surface area contributed by atoms with Crippen molar-refractivity contribution in [1.29, 1.82) is 0 Å². The van der Waals surface area contributed by atoms with Crippen molar-refractivity contribution >= 4 is 35.2 Å². The molecule has 1 aromatic heterocycles. The Labute approximate surface area is 279 Å². The molecule has 13 nitrogen and oxygen atoms in total. The second-order valence-corrected chi connectivity index (χ2v) is 10.2. The van der Waals surface area contributed by atoms with Gasteiger partial charge in [-0.2, -0.15) is 10.2 Å². The number of pyridine rings is 1. The number of rotatable bonds is 18. The molecular formula is C35H41N5O8. The van der Waals surface area contributed by atoms with Gasteiger partial charge in [-0.3, -0.25) is 19.2 Å². The van der Waals surface area contributed by atoms with Crippen molar-refractivity contribution in [2.75, 3.05) is 26.4 Å². The lowest BCUT2D eigenvalue weighted by Gasteiger charge is -2.08. The number of carbonyl (C=O) groups is 4. The molecule has 13 heteroatoms. The Morgan fingerprint density at radius 2 is 1.02 bits per heavy atom. The third-order valence-corrected chi connectivity index (χ3v) is 6.57. The zero-order chi connectivity index (χ0) is 34.7. The Kier molecular flexibility index (Phi) is 15.2. The Balaban J connectivity index is 1.48. The Hall–Kier alpha value is -5.59. The van der Waals surface area contributed by atoms with Crippen LogP contribution in [-0.4, -0.2) is 66.6 Å². The molecule has 0 atom stereocenters. The predicted octanol–water partition coefficient (Wildman–Crippen LogP) is 4.83. The summed E-state index contributed by atoms with van der Waals surface area (Å²) in [5.74, 6) is -0.181. The molecule has 0 aliphatic heterocycles. The molecular weight excluding hydrogens is 618 g/mol. The van der Waals surface area contributed by atoms with Gasteiger partial charge in [-0.25, -0.2) is 15.8 Å². The molecule has 0 saturated heterocycles. The number of nitrogens with one attached hydrogen (secondary N) is 2. The first-order valence-corrected chi connectivity index (χ1v) is 15.6. The smallest absolute Gasteiger partial charge is 0.305 e. The maximum Gasteiger partial charge on any atom is 0.305 e. The molecule has 0 aliphatic rings. The first-order valence-electron chi connectivity index (χ1n) is 15.6. The van der Waals surface area contributed by atoms with Crippen molar-refractivity contribution in [3.8, 4) is 11.5 Å². The van der Waals surface area contributed by atoms with Gasteiger partial charge in [0.15, 0.2) is 0 Å². The zero-order valence-electron chi connectivity index (χ0n) is 27.6. The Morgan fingerprint density at radius 3 is 1.40 bits per heavy atom. The average molecular weight is 660 g/mol. The lowest BCUT2D eigenvalue weighted by molar-refractivity contribution is -0.144. The number of nitrogens with zero attached hydrogens (tertiary/aromatic N) is 3. The lowest BCUT2D eigenvalue weighted by atomic mass is 10.2. The fourth-order valence-corrected chi connectivity index (χ4v) is 4.04. The van der Waals surface area contributed by atoms with Gasteiger partial charge >= 0.3 is 11.9 Å². The van der Waals surface area contributed by atoms with Crippen LogP contribution < -0.4 is 20.3 Å². The minimum absolute atomic E-state index is 0.258. The summed E-state index contributed by atoms with van der Waals surface area (Å²) in [6.45, 7) is 8.35. The first-order chi connectivity index (χ1) is 23.2. The summed E-state index contributed by atoms with van der Waals surface area (Å²) in [4.78, 5) is 52.6. The van der Waals surface area contributed by atoms with Crippen LogP contribution in [0.3, 0.4) is 0 Å². The third kappa shape index (κ3) is 12.7. The zero-order valence-corrected chi connectivity index (χ0v) is 27.6. The minimum atomic E-state index is -0.409. The summed E-state index contributed by atoms with van der Waals surface area (Å²) in [5.41, 5.74) is 7.79. The molecule has 48 heavy (non-hydrogen) atoms. The third-order valence-electron chi connectivity index (χ3n) is 6.57. The van der Waals surface area contributed by atoms with Crippen LogP contribution in [0.15, 0.2) is 76.9 Å². The van der Waals surface area contributed by atoms with Crippen LogP contribution >= 0.6 is 0 Å². The normalized spacial score (nSPS) is 11.3. The maximum atomic E-state index is 12.6. The molecule has 3 aromatic rings. The predicted molar refractivity (Wildman–Crippen MR) is 179 cm³/mol. The van der Waals surface area contributed by atoms with E-state index >= 15 is 0 Å². The molecule has 0 radical (unpaired) electrons. The van der Waals surface area contributed by atoms with Gasteiger partial charge < -0.3 is 18.9 Å². The highest BCUT2D eigenvalue weighted by Crippen LogP contribution is 2.14. The second-order valence-electron chi connectivity index (χ2n) is 10.2. The number of hydrogen-bond donors (Lipinski definition) is 2. The van der Waals surface area contributed by atoms with Crippen molar-refractivity contribution in [3.05, 3.63) is 89.2 Å². The van der Waals surface area contributed by atoms with Gasteiger partial charge in [0, 0.05) is 24.0 Å². The fraction of sp³-hybridized carbons (Fsp3) is 0.343. The number of carbonyl (C=O) groups excluding carboxylic acids is 4. The molecule has 1 heterocycles. The molecule has 3 rings (SSSR count). The number of esters is 2. The van der Waals surface area contributed by atoms with Crippen LogP contribution in [0.25, 0.3) is 0 Å². The van der Waals surface area contributed by atoms with E-state index in [4.69, 9.17) is 18.9 Å². The van der Waals surface area contributed by atoms with E-state index in [1.165, 1.54) is 0 Å². The molecule has 254 valence electrons. The molecule has 0 aliphatic carbocycles. The van der Waals surface area contributed by atoms with E-state index in [9.17, 15) is 19.2 Å². The Bertz CT molecular complexity index is 1470. The molecule has 0 fully saturated rings. The summed E-state index contributed by atoms with van der Waals surface area (Å²) >= 11 is 0. The SMILES string of the molecule is CCOC(=O)CCCOc1ccc(C(=O)N/N=C(\C)c2cccc(/C(C)=N/NC(=O)c3ccc(OCCCC(=O)OCC)cc3)n2)cc1. The summed E-state index contributed by atoms with van der Waals surface area (Å²) < 4.78 is 21.0. The van der Waals surface area contributed by atoms with Crippen molar-refractivity contribution in [2.24, 2.45) is 10.2 Å². The van der Waals surface area contributed by atoms with Gasteiger partial charge in [-0.05, 0) is 101 Å². The number of amides is 2. The average Bonchev–Trinajstić information content (AvgIpc) is 3.10. The minimum Gasteiger partial charge on any atom is -0.494 e. The van der Waals surface area contributed by atoms with Crippen LogP contribution in [-0.2, 0) is 19.1 Å². The highest BCUT2D eigenvalue weighted by Gasteiger charge is 2.10. The van der Waals surface area contributed by atoms with Crippen LogP contribution in [0.2, 0.25) is 0 Å². The van der Waals surface area contributed by atoms with Crippen molar-refractivity contribution in [1.82, 2.24) is 15.8 Å². The van der Waals surface area contributed by atoms with Crippen LogP contribution in [0.4, 0.5) is 0 Å². The van der Waals surface area contributed by atoms with Crippen LogP contribution in [0, 0.1) is 0 Å². The number of hydrogen-bond acceptors (Lipinski definition) is 11. The molecule has 2 aromatic carbocycles. The lowest BCUT2D eigenvalue weighted by Crippen LogP contribution is -2.20. The van der Waals surface area contributed by atoms with Crippen molar-refractivity contribution in [2.45, 2.75) is 53.4 Å². The van der Waals surface area contributed by atoms with E-state index in [1.807, 2.05) is 0 Å². The summed E-state index contributed by atoms with van der Waals surface area (Å²) in [6, 6.07) is 18.4. The maximum absolute atomic E-state index is 12.6. The van der Waals surface area contributed by atoms with E-state index in [1.54, 1.807) is 94.4 Å². The largest absolute Gasteiger partial charge is 0.494 e. The van der Waals surface area contributed by atoms with Gasteiger partial charge in [0.2, 0.25) is 0 Å². The van der Waals surface area contributed by atoms with E-state index < -0.39 is 11.8 Å². The highest BCUT2D eigenvalue weighted by atomic mass is 16.5. The number of ether oxygens (including phenoxy) is 4. The first kappa shape index (κ1) is 36.9. The van der Waals surface area contributed by atoms with Crippen LogP contribution in [0.5, 0.6) is 11.5 Å². The summed E-state index contributed by atoms with van der Waals surface area (Å²) in [6.07, 6.45) is 1.61. The molecule has 0 saturated carbocycles. The van der Waals surface area contributed by atoms with E-state index in [0.717, 1.165) is 0 Å². The molecule has 0 bridgehead atoms. The van der Waals surface area contributed by atoms with Crippen LogP contribution in [0.1, 0.15) is 85.5 Å². The number of hydrazone groups is 2. The standard InChI is InChI=1S/C35H41N5O8/c1-5-45-32(41)12-8-22-47-28-18-14-26(15-19-28)34(43)39-37-24(3)30-10-7-11-31(36-30)25(4)38-40-35(44)27-16-20-29(21-17-27)48-23-9-13-33(42)46-6-2/h7,10-11,14-21H,5-6,8-9,12-13,22-23H2,1-4H3,(H,39,43)(H,40,44)/b37-24+,38-25+. The van der Waals surface area contributed by atoms with Gasteiger partial charge in [0.1, 0.15) is 11.5 Å². The molecule has 0 unspecified atom stereocenters. The highest BCUT2D eigenvalue weighted by molar-refractivity contribution is 6.02. The van der Waals surface area contributed by atoms with Gasteiger partial charge in [-0.15, -0.1) is 0 Å². The number of aromatic nitrogens is 1. The topological polar surface area (TPSA) is 167 Å². The summed E-state index contributed by atoms with van der Waals surface area (Å²) in [7, 11) is 0. The number of benzene rings is 2. The molecule has 0 spiro atoms. The van der Waals surface area contributed by atoms with Gasteiger partial charge in [0.05, 0.1) is 49.2 Å². The monoisotopic (exact) mass is 659 g/mol. The Morgan fingerprint density at radius 1 is 0.625 bits per heavy atom. The van der Waals surface area contributed by atoms with Crippen molar-refractivity contribution in [3.63, 3.8) is 0 Å². The van der Waals surface area contributed by atoms with Gasteiger partial charge in [0.25, 0.3) is 11.8 Å². The molecule has 2 amide bonds. The molecule has 2 N–H and O–H groups in total. The second kappa shape index (κ2) is 19.8. The van der Waals surface area contributed by atoms with Gasteiger partial charge in [-0.1, -0.05) is 6.07 Å². The van der Waals surface area contributed by atoms with E-state index in [0.29, 0.717) is 84.7 Å².